The minimum absolute atomic E-state index is 0.0733. The minimum Gasteiger partial charge on any atom is -0.443 e. The van der Waals surface area contributed by atoms with Crippen molar-refractivity contribution < 1.29 is 23.1 Å². The third-order valence-electron chi connectivity index (χ3n) is 6.20. The molecule has 0 aromatic carbocycles. The van der Waals surface area contributed by atoms with E-state index in [4.69, 9.17) is 5.73 Å². The number of carbonyl (C=O) groups is 2. The van der Waals surface area contributed by atoms with E-state index in [1.54, 1.807) is 10.9 Å². The van der Waals surface area contributed by atoms with Crippen LogP contribution in [0.2, 0.25) is 0 Å². The van der Waals surface area contributed by atoms with E-state index in [1.807, 2.05) is 12.1 Å². The number of carbonyl (C=O) groups excluding carboxylic acids is 2. The SMILES string of the molecule is N#CCC1(n2cc(C(N)=O)c(Nc3ccc(C4CC4)nc3)n2)CCN(C(=O)OCC(F)F)CC1. The smallest absolute Gasteiger partial charge is 0.409 e. The third kappa shape index (κ3) is 5.08. The van der Waals surface area contributed by atoms with Crippen LogP contribution in [0.15, 0.2) is 24.5 Å². The van der Waals surface area contributed by atoms with Gasteiger partial charge in [0, 0.05) is 30.9 Å². The number of aromatic nitrogens is 3. The number of amides is 2. The molecule has 4 rings (SSSR count). The van der Waals surface area contributed by atoms with Gasteiger partial charge in [-0.3, -0.25) is 14.5 Å². The first-order chi connectivity index (χ1) is 16.3. The molecule has 3 heterocycles. The summed E-state index contributed by atoms with van der Waals surface area (Å²) in [5.74, 6) is 0.0693. The Balaban J connectivity index is 1.52. The van der Waals surface area contributed by atoms with Gasteiger partial charge in [0.05, 0.1) is 29.9 Å². The molecule has 0 atom stereocenters. The molecule has 2 fully saturated rings. The Kier molecular flexibility index (Phi) is 6.63. The van der Waals surface area contributed by atoms with E-state index < -0.39 is 30.6 Å². The number of piperidine rings is 1. The Morgan fingerprint density at radius 3 is 2.62 bits per heavy atom. The minimum atomic E-state index is -2.74. The monoisotopic (exact) mass is 473 g/mol. The highest BCUT2D eigenvalue weighted by atomic mass is 19.3. The molecule has 1 saturated carbocycles. The average Bonchev–Trinajstić information content (AvgIpc) is 3.58. The summed E-state index contributed by atoms with van der Waals surface area (Å²) in [6.07, 6.45) is 2.59. The quantitative estimate of drug-likeness (QED) is 0.600. The summed E-state index contributed by atoms with van der Waals surface area (Å²) in [4.78, 5) is 29.9. The van der Waals surface area contributed by atoms with E-state index in [0.29, 0.717) is 24.4 Å². The van der Waals surface area contributed by atoms with Gasteiger partial charge in [-0.05, 0) is 37.8 Å². The van der Waals surface area contributed by atoms with Crippen molar-refractivity contribution in [2.45, 2.75) is 50.0 Å². The fourth-order valence-corrected chi connectivity index (χ4v) is 4.09. The van der Waals surface area contributed by atoms with Crippen molar-refractivity contribution in [1.82, 2.24) is 19.7 Å². The number of nitrogens with zero attached hydrogens (tertiary/aromatic N) is 5. The van der Waals surface area contributed by atoms with Gasteiger partial charge in [-0.2, -0.15) is 10.4 Å². The molecule has 2 aromatic heterocycles. The maximum Gasteiger partial charge on any atom is 0.409 e. The predicted molar refractivity (Wildman–Crippen MR) is 117 cm³/mol. The number of primary amides is 1. The number of likely N-dealkylation sites (tertiary alicyclic amines) is 1. The summed E-state index contributed by atoms with van der Waals surface area (Å²) in [6.45, 7) is -0.596. The Hall–Kier alpha value is -3.75. The van der Waals surface area contributed by atoms with Crippen LogP contribution in [0.1, 0.15) is 54.1 Å². The second-order valence-corrected chi connectivity index (χ2v) is 8.59. The molecule has 12 heteroatoms. The molecule has 2 amide bonds. The molecular weight excluding hydrogens is 448 g/mol. The number of nitrogens with two attached hydrogens (primary N) is 1. The van der Waals surface area contributed by atoms with E-state index >= 15 is 0 Å². The Morgan fingerprint density at radius 2 is 2.06 bits per heavy atom. The summed E-state index contributed by atoms with van der Waals surface area (Å²) in [5, 5.41) is 17.1. The van der Waals surface area contributed by atoms with Crippen molar-refractivity contribution >= 4 is 23.5 Å². The van der Waals surface area contributed by atoms with E-state index in [0.717, 1.165) is 18.5 Å². The maximum atomic E-state index is 12.3. The maximum absolute atomic E-state index is 12.3. The third-order valence-corrected chi connectivity index (χ3v) is 6.20. The van der Waals surface area contributed by atoms with Crippen molar-refractivity contribution in [3.63, 3.8) is 0 Å². The fourth-order valence-electron chi connectivity index (χ4n) is 4.09. The number of ether oxygens (including phenoxy) is 1. The number of halogens is 2. The van der Waals surface area contributed by atoms with Crippen LogP contribution in [0.4, 0.5) is 25.1 Å². The van der Waals surface area contributed by atoms with Gasteiger partial charge < -0.3 is 20.7 Å². The number of alkyl halides is 2. The molecule has 0 radical (unpaired) electrons. The van der Waals surface area contributed by atoms with Gasteiger partial charge in [0.2, 0.25) is 0 Å². The van der Waals surface area contributed by atoms with E-state index in [2.05, 4.69) is 26.2 Å². The zero-order valence-corrected chi connectivity index (χ0v) is 18.4. The number of nitriles is 1. The predicted octanol–water partition coefficient (Wildman–Crippen LogP) is 3.10. The lowest BCUT2D eigenvalue weighted by atomic mass is 9.85. The summed E-state index contributed by atoms with van der Waals surface area (Å²) in [5.41, 5.74) is 6.60. The largest absolute Gasteiger partial charge is 0.443 e. The zero-order chi connectivity index (χ0) is 24.3. The van der Waals surface area contributed by atoms with Gasteiger partial charge >= 0.3 is 6.09 Å². The summed E-state index contributed by atoms with van der Waals surface area (Å²) < 4.78 is 30.8. The average molecular weight is 473 g/mol. The van der Waals surface area contributed by atoms with Crippen LogP contribution in [0.5, 0.6) is 0 Å². The number of anilines is 2. The highest BCUT2D eigenvalue weighted by molar-refractivity contribution is 5.98. The molecule has 2 aliphatic rings. The molecule has 3 N–H and O–H groups in total. The van der Waals surface area contributed by atoms with Gasteiger partial charge in [0.15, 0.2) is 12.4 Å². The van der Waals surface area contributed by atoms with Crippen LogP contribution in [0.3, 0.4) is 0 Å². The first-order valence-corrected chi connectivity index (χ1v) is 11.0. The summed E-state index contributed by atoms with van der Waals surface area (Å²) in [6, 6.07) is 5.94. The molecule has 0 spiro atoms. The van der Waals surface area contributed by atoms with Crippen LogP contribution in [-0.4, -0.2) is 57.8 Å². The second kappa shape index (κ2) is 9.62. The van der Waals surface area contributed by atoms with Crippen LogP contribution in [-0.2, 0) is 10.3 Å². The molecule has 10 nitrogen and oxygen atoms in total. The molecule has 180 valence electrons. The van der Waals surface area contributed by atoms with Gasteiger partial charge in [-0.15, -0.1) is 0 Å². The molecule has 1 aliphatic heterocycles. The molecular formula is C22H25F2N7O3. The summed E-state index contributed by atoms with van der Waals surface area (Å²) >= 11 is 0. The molecule has 34 heavy (non-hydrogen) atoms. The van der Waals surface area contributed by atoms with Crippen molar-refractivity contribution in [2.24, 2.45) is 5.73 Å². The number of nitrogens with one attached hydrogen (secondary N) is 1. The molecule has 1 saturated heterocycles. The molecule has 0 bridgehead atoms. The van der Waals surface area contributed by atoms with Crippen molar-refractivity contribution in [3.8, 4) is 6.07 Å². The van der Waals surface area contributed by atoms with Gasteiger partial charge in [0.1, 0.15) is 5.56 Å². The topological polar surface area (TPSA) is 139 Å². The van der Waals surface area contributed by atoms with Crippen LogP contribution in [0, 0.1) is 11.3 Å². The number of rotatable bonds is 8. The van der Waals surface area contributed by atoms with E-state index in [-0.39, 0.29) is 30.9 Å². The Bertz CT molecular complexity index is 1080. The van der Waals surface area contributed by atoms with E-state index in [9.17, 15) is 23.6 Å². The van der Waals surface area contributed by atoms with Crippen LogP contribution >= 0.6 is 0 Å². The van der Waals surface area contributed by atoms with Crippen molar-refractivity contribution in [1.29, 1.82) is 5.26 Å². The first kappa shape index (κ1) is 23.4. The molecule has 1 aliphatic carbocycles. The highest BCUT2D eigenvalue weighted by Crippen LogP contribution is 2.39. The normalized spacial score (nSPS) is 17.3. The summed E-state index contributed by atoms with van der Waals surface area (Å²) in [7, 11) is 0. The number of hydrogen-bond donors (Lipinski definition) is 2. The standard InChI is InChI=1S/C22H25F2N7O3/c23-18(24)13-34-21(33)30-9-6-22(5-8-25,7-10-30)31-12-16(19(26)32)20(29-31)28-15-3-4-17(27-11-15)14-1-2-14/h3-4,11-12,14,18H,1-2,5-7,9-10,13H2,(H2,26,32)(H,28,29). The molecule has 2 aromatic rings. The van der Waals surface area contributed by atoms with Gasteiger partial charge in [0.25, 0.3) is 12.3 Å². The Morgan fingerprint density at radius 1 is 1.32 bits per heavy atom. The van der Waals surface area contributed by atoms with Crippen molar-refractivity contribution in [2.75, 3.05) is 25.0 Å². The van der Waals surface area contributed by atoms with Gasteiger partial charge in [-0.25, -0.2) is 13.6 Å². The van der Waals surface area contributed by atoms with Gasteiger partial charge in [-0.1, -0.05) is 0 Å². The second-order valence-electron chi connectivity index (χ2n) is 8.59. The van der Waals surface area contributed by atoms with E-state index in [1.165, 1.54) is 11.1 Å². The Labute approximate surface area is 194 Å². The number of pyridine rings is 1. The molecule has 0 unspecified atom stereocenters. The lowest BCUT2D eigenvalue weighted by Gasteiger charge is -2.40. The lowest BCUT2D eigenvalue weighted by molar-refractivity contribution is 0.0203. The fraction of sp³-hybridized carbons (Fsp3) is 0.500. The van der Waals surface area contributed by atoms with Crippen molar-refractivity contribution in [3.05, 3.63) is 35.8 Å². The zero-order valence-electron chi connectivity index (χ0n) is 18.4. The lowest BCUT2D eigenvalue weighted by Crippen LogP contribution is -2.48. The van der Waals surface area contributed by atoms with Crippen LogP contribution < -0.4 is 11.1 Å². The highest BCUT2D eigenvalue weighted by Gasteiger charge is 2.40. The number of hydrogen-bond acceptors (Lipinski definition) is 7. The van der Waals surface area contributed by atoms with Crippen LogP contribution in [0.25, 0.3) is 0 Å². The first-order valence-electron chi connectivity index (χ1n) is 11.0.